The van der Waals surface area contributed by atoms with Crippen LogP contribution in [0.5, 0.6) is 5.75 Å². The molecule has 0 saturated carbocycles. The van der Waals surface area contributed by atoms with E-state index >= 15 is 0 Å². The van der Waals surface area contributed by atoms with Crippen LogP contribution in [0.15, 0.2) is 42.6 Å². The first-order valence-corrected chi connectivity index (χ1v) is 10.2. The first kappa shape index (κ1) is 19.0. The fourth-order valence-corrected chi connectivity index (χ4v) is 4.11. The quantitative estimate of drug-likeness (QED) is 0.657. The summed E-state index contributed by atoms with van der Waals surface area (Å²) in [6, 6.07) is 12.9. The SMILES string of the molecule is CCOCc1cc(CN2CCC(c3cc4cccnc4[nH]3)CC2)ccc1OC. The van der Waals surface area contributed by atoms with Crippen LogP contribution < -0.4 is 4.74 Å². The number of aromatic amines is 1. The standard InChI is InChI=1S/C23H29N3O2/c1-3-28-16-20-13-17(6-7-22(20)27-2)15-26-11-8-18(9-12-26)21-14-19-5-4-10-24-23(19)25-21/h4-7,10,13-14,18H,3,8-9,11-12,15-16H2,1-2H3,(H,24,25). The first-order chi connectivity index (χ1) is 13.8. The molecule has 5 nitrogen and oxygen atoms in total. The van der Waals surface area contributed by atoms with Gasteiger partial charge in [0.25, 0.3) is 0 Å². The Kier molecular flexibility index (Phi) is 5.93. The van der Waals surface area contributed by atoms with Crippen molar-refractivity contribution in [2.45, 2.75) is 38.8 Å². The number of hydrogen-bond acceptors (Lipinski definition) is 4. The average Bonchev–Trinajstić information content (AvgIpc) is 3.17. The van der Waals surface area contributed by atoms with Gasteiger partial charge in [0.1, 0.15) is 11.4 Å². The molecule has 3 heterocycles. The highest BCUT2D eigenvalue weighted by Gasteiger charge is 2.22. The van der Waals surface area contributed by atoms with E-state index in [1.54, 1.807) is 7.11 Å². The van der Waals surface area contributed by atoms with Crippen molar-refractivity contribution in [1.82, 2.24) is 14.9 Å². The molecule has 28 heavy (non-hydrogen) atoms. The lowest BCUT2D eigenvalue weighted by Gasteiger charge is -2.31. The number of nitrogens with zero attached hydrogens (tertiary/aromatic N) is 2. The molecule has 1 aliphatic rings. The van der Waals surface area contributed by atoms with Crippen molar-refractivity contribution in [3.63, 3.8) is 0 Å². The van der Waals surface area contributed by atoms with Gasteiger partial charge in [0.05, 0.1) is 13.7 Å². The lowest BCUT2D eigenvalue weighted by molar-refractivity contribution is 0.131. The Morgan fingerprint density at radius 2 is 2.04 bits per heavy atom. The van der Waals surface area contributed by atoms with Gasteiger partial charge >= 0.3 is 0 Å². The van der Waals surface area contributed by atoms with E-state index < -0.39 is 0 Å². The molecule has 0 atom stereocenters. The van der Waals surface area contributed by atoms with Crippen LogP contribution in [0.1, 0.15) is 42.5 Å². The van der Waals surface area contributed by atoms with E-state index in [4.69, 9.17) is 9.47 Å². The van der Waals surface area contributed by atoms with Crippen molar-refractivity contribution >= 4 is 11.0 Å². The summed E-state index contributed by atoms with van der Waals surface area (Å²) in [6.45, 7) is 6.53. The second-order valence-electron chi connectivity index (χ2n) is 7.50. The Hall–Kier alpha value is -2.37. The molecule has 0 spiro atoms. The van der Waals surface area contributed by atoms with E-state index in [0.29, 0.717) is 19.1 Å². The van der Waals surface area contributed by atoms with Gasteiger partial charge in [0.2, 0.25) is 0 Å². The van der Waals surface area contributed by atoms with Gasteiger partial charge in [0, 0.05) is 41.9 Å². The number of piperidine rings is 1. The molecule has 2 aromatic heterocycles. The van der Waals surface area contributed by atoms with Crippen LogP contribution in [0.2, 0.25) is 0 Å². The molecule has 5 heteroatoms. The molecular formula is C23H29N3O2. The maximum absolute atomic E-state index is 5.59. The van der Waals surface area contributed by atoms with Crippen molar-refractivity contribution in [2.24, 2.45) is 0 Å². The average molecular weight is 380 g/mol. The Bertz CT molecular complexity index is 880. The highest BCUT2D eigenvalue weighted by Crippen LogP contribution is 2.30. The molecule has 0 amide bonds. The molecule has 0 aliphatic carbocycles. The number of aromatic nitrogens is 2. The van der Waals surface area contributed by atoms with E-state index in [1.165, 1.54) is 29.5 Å². The molecule has 1 aromatic carbocycles. The third-order valence-electron chi connectivity index (χ3n) is 5.65. The minimum atomic E-state index is 0.592. The third-order valence-corrected chi connectivity index (χ3v) is 5.65. The summed E-state index contributed by atoms with van der Waals surface area (Å²) in [5, 5.41) is 1.21. The number of fused-ring (bicyclic) bond motifs is 1. The van der Waals surface area contributed by atoms with Gasteiger partial charge in [-0.2, -0.15) is 0 Å². The van der Waals surface area contributed by atoms with Gasteiger partial charge in [-0.25, -0.2) is 4.98 Å². The number of benzene rings is 1. The van der Waals surface area contributed by atoms with Crippen molar-refractivity contribution in [3.05, 3.63) is 59.4 Å². The topological polar surface area (TPSA) is 50.4 Å². The van der Waals surface area contributed by atoms with Crippen LogP contribution >= 0.6 is 0 Å². The van der Waals surface area contributed by atoms with Crippen LogP contribution in [0.3, 0.4) is 0 Å². The predicted molar refractivity (Wildman–Crippen MR) is 112 cm³/mol. The largest absolute Gasteiger partial charge is 0.496 e. The van der Waals surface area contributed by atoms with E-state index in [1.807, 2.05) is 19.2 Å². The minimum absolute atomic E-state index is 0.592. The summed E-state index contributed by atoms with van der Waals surface area (Å²) in [4.78, 5) is 10.5. The molecular weight excluding hydrogens is 350 g/mol. The summed E-state index contributed by atoms with van der Waals surface area (Å²) in [5.74, 6) is 1.50. The van der Waals surface area contributed by atoms with Gasteiger partial charge in [0.15, 0.2) is 0 Å². The van der Waals surface area contributed by atoms with E-state index in [2.05, 4.69) is 45.2 Å². The number of rotatable bonds is 7. The van der Waals surface area contributed by atoms with Crippen LogP contribution in [0.4, 0.5) is 0 Å². The summed E-state index contributed by atoms with van der Waals surface area (Å²) in [5.41, 5.74) is 4.78. The summed E-state index contributed by atoms with van der Waals surface area (Å²) in [6.07, 6.45) is 4.20. The maximum Gasteiger partial charge on any atom is 0.137 e. The van der Waals surface area contributed by atoms with Crippen molar-refractivity contribution in [1.29, 1.82) is 0 Å². The molecule has 4 rings (SSSR count). The zero-order valence-corrected chi connectivity index (χ0v) is 16.8. The number of nitrogens with one attached hydrogen (secondary N) is 1. The van der Waals surface area contributed by atoms with Crippen molar-refractivity contribution in [2.75, 3.05) is 26.8 Å². The number of likely N-dealkylation sites (tertiary alicyclic amines) is 1. The normalized spacial score (nSPS) is 15.9. The molecule has 0 radical (unpaired) electrons. The first-order valence-electron chi connectivity index (χ1n) is 10.2. The highest BCUT2D eigenvalue weighted by atomic mass is 16.5. The molecule has 148 valence electrons. The maximum atomic E-state index is 5.59. The van der Waals surface area contributed by atoms with E-state index in [9.17, 15) is 0 Å². The molecule has 1 saturated heterocycles. The molecule has 1 fully saturated rings. The van der Waals surface area contributed by atoms with Crippen LogP contribution in [-0.4, -0.2) is 41.7 Å². The van der Waals surface area contributed by atoms with Gasteiger partial charge in [-0.05, 0) is 68.8 Å². The molecule has 0 bridgehead atoms. The summed E-state index contributed by atoms with van der Waals surface area (Å²) < 4.78 is 11.1. The molecule has 3 aromatic rings. The Morgan fingerprint density at radius 3 is 2.79 bits per heavy atom. The van der Waals surface area contributed by atoms with E-state index in [0.717, 1.165) is 36.6 Å². The second-order valence-corrected chi connectivity index (χ2v) is 7.50. The van der Waals surface area contributed by atoms with Gasteiger partial charge < -0.3 is 14.5 Å². The summed E-state index contributed by atoms with van der Waals surface area (Å²) in [7, 11) is 1.72. The number of H-pyrrole nitrogens is 1. The highest BCUT2D eigenvalue weighted by molar-refractivity contribution is 5.76. The zero-order valence-electron chi connectivity index (χ0n) is 16.8. The lowest BCUT2D eigenvalue weighted by Crippen LogP contribution is -2.32. The predicted octanol–water partition coefficient (Wildman–Crippen LogP) is 4.49. The van der Waals surface area contributed by atoms with Gasteiger partial charge in [-0.1, -0.05) is 6.07 Å². The van der Waals surface area contributed by atoms with E-state index in [-0.39, 0.29) is 0 Å². The fourth-order valence-electron chi connectivity index (χ4n) is 4.11. The second kappa shape index (κ2) is 8.76. The monoisotopic (exact) mass is 379 g/mol. The van der Waals surface area contributed by atoms with Crippen molar-refractivity contribution in [3.8, 4) is 5.75 Å². The van der Waals surface area contributed by atoms with Gasteiger partial charge in [-0.15, -0.1) is 0 Å². The van der Waals surface area contributed by atoms with Crippen LogP contribution in [-0.2, 0) is 17.9 Å². The summed E-state index contributed by atoms with van der Waals surface area (Å²) >= 11 is 0. The van der Waals surface area contributed by atoms with Crippen molar-refractivity contribution < 1.29 is 9.47 Å². The third kappa shape index (κ3) is 4.21. The van der Waals surface area contributed by atoms with Gasteiger partial charge in [-0.3, -0.25) is 4.90 Å². The molecule has 0 unspecified atom stereocenters. The Morgan fingerprint density at radius 1 is 1.18 bits per heavy atom. The number of methoxy groups -OCH3 is 1. The lowest BCUT2D eigenvalue weighted by atomic mass is 9.93. The zero-order chi connectivity index (χ0) is 19.3. The number of hydrogen-bond donors (Lipinski definition) is 1. The molecule has 1 aliphatic heterocycles. The molecule has 1 N–H and O–H groups in total. The number of pyridine rings is 1. The minimum Gasteiger partial charge on any atom is -0.496 e. The van der Waals surface area contributed by atoms with Crippen LogP contribution in [0.25, 0.3) is 11.0 Å². The Balaban J connectivity index is 1.37. The smallest absolute Gasteiger partial charge is 0.137 e. The number of ether oxygens (including phenoxy) is 2. The fraction of sp³-hybridized carbons (Fsp3) is 0.435. The Labute approximate surface area is 166 Å². The van der Waals surface area contributed by atoms with Crippen LogP contribution in [0, 0.1) is 0 Å².